The van der Waals surface area contributed by atoms with Gasteiger partial charge in [-0.3, -0.25) is 0 Å². The minimum Gasteiger partial charge on any atom is -0.489 e. The zero-order chi connectivity index (χ0) is 12.1. The average molecular weight is 231 g/mol. The number of nitrogens with one attached hydrogen (secondary N) is 1. The highest BCUT2D eigenvalue weighted by Crippen LogP contribution is 2.25. The minimum atomic E-state index is 0.106. The van der Waals surface area contributed by atoms with Crippen molar-refractivity contribution in [2.45, 2.75) is 18.9 Å². The molecule has 1 aliphatic heterocycles. The fourth-order valence-corrected chi connectivity index (χ4v) is 2.00. The van der Waals surface area contributed by atoms with Crippen LogP contribution in [-0.2, 0) is 11.1 Å². The van der Waals surface area contributed by atoms with Crippen LogP contribution in [0, 0.1) is 0 Å². The van der Waals surface area contributed by atoms with Gasteiger partial charge in [0.25, 0.3) is 0 Å². The van der Waals surface area contributed by atoms with Gasteiger partial charge in [-0.2, -0.15) is 0 Å². The number of hydrogen-bond donors (Lipinski definition) is 2. The fraction of sp³-hybridized carbons (Fsp3) is 0.455. The van der Waals surface area contributed by atoms with Crippen LogP contribution in [0.5, 0.6) is 5.75 Å². The van der Waals surface area contributed by atoms with Gasteiger partial charge < -0.3 is 19.6 Å². The van der Waals surface area contributed by atoms with Crippen LogP contribution in [0.3, 0.4) is 0 Å². The molecule has 17 heavy (non-hydrogen) atoms. The molecule has 0 fully saturated rings. The second kappa shape index (κ2) is 6.10. The first-order valence-electron chi connectivity index (χ1n) is 5.69. The van der Waals surface area contributed by atoms with Gasteiger partial charge in [0.05, 0.1) is 0 Å². The Morgan fingerprint density at radius 1 is 1.59 bits per heavy atom. The van der Waals surface area contributed by atoms with Gasteiger partial charge in [0, 0.05) is 13.7 Å². The van der Waals surface area contributed by atoms with E-state index in [4.69, 9.17) is 14.4 Å². The highest BCUT2D eigenvalue weighted by Gasteiger charge is 2.21. The molecule has 0 aliphatic carbocycles. The molecule has 1 aromatic rings. The highest BCUT2D eigenvalue weighted by molar-refractivity contribution is 6.47. The summed E-state index contributed by atoms with van der Waals surface area (Å²) < 4.78 is 10.7. The Morgan fingerprint density at radius 2 is 2.47 bits per heavy atom. The number of fused-ring (bicyclic) bond motifs is 1. The lowest BCUT2D eigenvalue weighted by Gasteiger charge is -2.27. The van der Waals surface area contributed by atoms with Crippen LogP contribution in [0.15, 0.2) is 18.2 Å². The Balaban J connectivity index is 2.01. The normalized spacial score (nSPS) is 18.1. The van der Waals surface area contributed by atoms with Crippen molar-refractivity contribution >= 4 is 20.6 Å². The van der Waals surface area contributed by atoms with Crippen molar-refractivity contribution < 1.29 is 14.4 Å². The molecule has 0 bridgehead atoms. The van der Waals surface area contributed by atoms with Crippen molar-refractivity contribution in [3.05, 3.63) is 23.8 Å². The maximum absolute atomic E-state index is 9.15. The van der Waals surface area contributed by atoms with Crippen LogP contribution in [0.4, 0.5) is 0 Å². The van der Waals surface area contributed by atoms with E-state index in [9.17, 15) is 0 Å². The Morgan fingerprint density at radius 3 is 3.24 bits per heavy atom. The molecule has 0 aromatic heterocycles. The zero-order valence-corrected chi connectivity index (χ0v) is 9.85. The van der Waals surface area contributed by atoms with E-state index >= 15 is 0 Å². The Hall–Kier alpha value is -0.970. The van der Waals surface area contributed by atoms with E-state index in [-0.39, 0.29) is 6.10 Å². The third kappa shape index (κ3) is 3.03. The first-order valence-corrected chi connectivity index (χ1v) is 5.69. The van der Waals surface area contributed by atoms with Crippen molar-refractivity contribution in [1.29, 1.82) is 0 Å². The molecule has 0 unspecified atom stereocenters. The van der Waals surface area contributed by atoms with Crippen LogP contribution < -0.4 is 15.4 Å². The van der Waals surface area contributed by atoms with Gasteiger partial charge in [-0.1, -0.05) is 18.2 Å². The third-order valence-electron chi connectivity index (χ3n) is 2.83. The van der Waals surface area contributed by atoms with E-state index in [1.165, 1.54) is 0 Å². The van der Waals surface area contributed by atoms with Crippen LogP contribution in [0.25, 0.3) is 0 Å². The second-order valence-electron chi connectivity index (χ2n) is 4.00. The fourth-order valence-electron chi connectivity index (χ4n) is 2.00. The Kier molecular flexibility index (Phi) is 4.48. The summed E-state index contributed by atoms with van der Waals surface area (Å²) in [5.74, 6) is 0.797. The lowest BCUT2D eigenvalue weighted by atomic mass is 9.84. The molecule has 88 valence electrons. The maximum atomic E-state index is 9.15. The van der Waals surface area contributed by atoms with Gasteiger partial charge in [-0.25, -0.2) is 0 Å². The minimum absolute atomic E-state index is 0.106. The van der Waals surface area contributed by atoms with Crippen molar-refractivity contribution in [2.75, 3.05) is 13.7 Å². The van der Waals surface area contributed by atoms with Crippen LogP contribution >= 0.6 is 0 Å². The summed E-state index contributed by atoms with van der Waals surface area (Å²) in [7, 11) is 4.24. The highest BCUT2D eigenvalue weighted by atomic mass is 16.5. The summed E-state index contributed by atoms with van der Waals surface area (Å²) in [4.78, 5) is 0. The molecule has 0 saturated heterocycles. The Bertz CT molecular complexity index is 361. The summed E-state index contributed by atoms with van der Waals surface area (Å²) in [5, 5.41) is 12.2. The average Bonchev–Trinajstić information content (AvgIpc) is 2.38. The Labute approximate surface area is 103 Å². The number of para-hydroxylation sites is 1. The van der Waals surface area contributed by atoms with Gasteiger partial charge in [0.15, 0.2) is 0 Å². The first-order chi connectivity index (χ1) is 8.35. The molecule has 0 spiro atoms. The van der Waals surface area contributed by atoms with Gasteiger partial charge in [-0.15, -0.1) is 0 Å². The van der Waals surface area contributed by atoms with E-state index < -0.39 is 0 Å². The molecule has 2 N–H and O–H groups in total. The molecule has 2 rings (SSSR count). The van der Waals surface area contributed by atoms with Gasteiger partial charge >= 0.3 is 15.1 Å². The van der Waals surface area contributed by atoms with Crippen molar-refractivity contribution in [3.63, 3.8) is 0 Å². The van der Waals surface area contributed by atoms with E-state index in [2.05, 4.69) is 5.23 Å². The summed E-state index contributed by atoms with van der Waals surface area (Å²) in [6, 6.07) is 5.81. The molecular weight excluding hydrogens is 216 g/mol. The van der Waals surface area contributed by atoms with Crippen molar-refractivity contribution in [3.8, 4) is 5.75 Å². The van der Waals surface area contributed by atoms with Crippen molar-refractivity contribution in [2.24, 2.45) is 0 Å². The molecule has 1 heterocycles. The first kappa shape index (κ1) is 12.5. The SMILES string of the molecule is CO[B]NC[C@H]1CCc2cccc([B]O)c2O1. The summed E-state index contributed by atoms with van der Waals surface area (Å²) in [5.41, 5.74) is 1.89. The molecule has 4 nitrogen and oxygen atoms in total. The number of rotatable bonds is 5. The van der Waals surface area contributed by atoms with Gasteiger partial charge in [0.1, 0.15) is 11.9 Å². The van der Waals surface area contributed by atoms with Crippen LogP contribution in [-0.4, -0.2) is 39.9 Å². The monoisotopic (exact) mass is 231 g/mol. The standard InChI is InChI=1S/C11H15B2NO3/c1-16-13-14-7-9-6-5-8-3-2-4-10(12-15)11(8)17-9/h2-4,9,14-15H,5-7H2,1H3/t9-/m1/s1. The quantitative estimate of drug-likeness (QED) is 0.524. The van der Waals surface area contributed by atoms with Gasteiger partial charge in [-0.05, 0) is 23.9 Å². The third-order valence-corrected chi connectivity index (χ3v) is 2.83. The molecule has 0 saturated carbocycles. The van der Waals surface area contributed by atoms with E-state index in [1.54, 1.807) is 14.7 Å². The van der Waals surface area contributed by atoms with E-state index in [0.29, 0.717) is 6.54 Å². The van der Waals surface area contributed by atoms with E-state index in [0.717, 1.165) is 37.1 Å². The molecular formula is C11H15B2NO3. The van der Waals surface area contributed by atoms with Crippen LogP contribution in [0.1, 0.15) is 12.0 Å². The number of ether oxygens (including phenoxy) is 1. The lowest BCUT2D eigenvalue weighted by Crippen LogP contribution is -2.38. The van der Waals surface area contributed by atoms with Crippen molar-refractivity contribution in [1.82, 2.24) is 5.23 Å². The maximum Gasteiger partial charge on any atom is 0.395 e. The summed E-state index contributed by atoms with van der Waals surface area (Å²) >= 11 is 0. The lowest BCUT2D eigenvalue weighted by molar-refractivity contribution is 0.177. The number of benzene rings is 1. The predicted molar refractivity (Wildman–Crippen MR) is 67.6 cm³/mol. The van der Waals surface area contributed by atoms with Gasteiger partial charge in [0.2, 0.25) is 0 Å². The summed E-state index contributed by atoms with van der Waals surface area (Å²) in [6.07, 6.45) is 2.04. The molecule has 2 radical (unpaired) electrons. The number of hydrogen-bond acceptors (Lipinski definition) is 4. The second-order valence-corrected chi connectivity index (χ2v) is 4.00. The molecule has 1 atom stereocenters. The zero-order valence-electron chi connectivity index (χ0n) is 9.85. The number of aryl methyl sites for hydroxylation is 1. The predicted octanol–water partition coefficient (Wildman–Crippen LogP) is -0.613. The van der Waals surface area contributed by atoms with Crippen LogP contribution in [0.2, 0.25) is 0 Å². The summed E-state index contributed by atoms with van der Waals surface area (Å²) in [6.45, 7) is 0.701. The van der Waals surface area contributed by atoms with E-state index in [1.807, 2.05) is 18.2 Å². The molecule has 1 aliphatic rings. The molecule has 1 aromatic carbocycles. The molecule has 0 amide bonds. The topological polar surface area (TPSA) is 50.7 Å². The molecule has 6 heteroatoms. The largest absolute Gasteiger partial charge is 0.489 e. The smallest absolute Gasteiger partial charge is 0.395 e.